The highest BCUT2D eigenvalue weighted by Gasteiger charge is 2.31. The van der Waals surface area contributed by atoms with Gasteiger partial charge in [0.15, 0.2) is 5.78 Å². The topological polar surface area (TPSA) is 98.5 Å². The molecule has 2 aromatic carbocycles. The normalized spacial score (nSPS) is 12.1. The molecule has 0 spiro atoms. The monoisotopic (exact) mass is 402 g/mol. The minimum absolute atomic E-state index is 0.0478. The predicted molar refractivity (Wildman–Crippen MR) is 95.1 cm³/mol. The van der Waals surface area contributed by atoms with Crippen LogP contribution in [0, 0.1) is 0 Å². The zero-order chi connectivity index (χ0) is 20.4. The first kappa shape index (κ1) is 20.6. The van der Waals surface area contributed by atoms with Gasteiger partial charge in [0.05, 0.1) is 16.6 Å². The van der Waals surface area contributed by atoms with Gasteiger partial charge in [0, 0.05) is 11.1 Å². The number of hydrogen-bond donors (Lipinski definition) is 2. The van der Waals surface area contributed by atoms with E-state index in [1.165, 1.54) is 44.2 Å². The Morgan fingerprint density at radius 1 is 1.07 bits per heavy atom. The molecule has 3 N–H and O–H groups in total. The number of nitrogen functional groups attached to an aromatic ring is 1. The van der Waals surface area contributed by atoms with Crippen LogP contribution in [0.4, 0.5) is 24.5 Å². The van der Waals surface area contributed by atoms with Gasteiger partial charge in [-0.15, -0.1) is 13.2 Å². The van der Waals surface area contributed by atoms with Crippen molar-refractivity contribution in [3.8, 4) is 5.75 Å². The van der Waals surface area contributed by atoms with Gasteiger partial charge in [-0.25, -0.2) is 8.42 Å². The smallest absolute Gasteiger partial charge is 0.406 e. The van der Waals surface area contributed by atoms with Gasteiger partial charge in [0.1, 0.15) is 5.75 Å². The Balaban J connectivity index is 2.28. The summed E-state index contributed by atoms with van der Waals surface area (Å²) < 4.78 is 66.6. The highest BCUT2D eigenvalue weighted by molar-refractivity contribution is 7.93. The fraction of sp³-hybridized carbons (Fsp3) is 0.235. The second-order valence-corrected chi connectivity index (χ2v) is 8.14. The summed E-state index contributed by atoms with van der Waals surface area (Å²) in [6.45, 7) is 2.97. The maximum Gasteiger partial charge on any atom is 0.573 e. The lowest BCUT2D eigenvalue weighted by Gasteiger charge is -2.14. The van der Waals surface area contributed by atoms with E-state index in [2.05, 4.69) is 9.46 Å². The zero-order valence-electron chi connectivity index (χ0n) is 14.4. The number of halogens is 3. The zero-order valence-corrected chi connectivity index (χ0v) is 15.2. The standard InChI is InChI=1S/C17H17F3N2O4S/c1-10(2)27(24,25)22-15-9-12(5-8-14(15)21)16(23)11-3-6-13(7-4-11)26-17(18,19)20/h3-10,22H,21H2,1-2H3. The van der Waals surface area contributed by atoms with Crippen LogP contribution in [-0.4, -0.2) is 25.8 Å². The molecule has 0 aliphatic heterocycles. The van der Waals surface area contributed by atoms with E-state index >= 15 is 0 Å². The van der Waals surface area contributed by atoms with Crippen LogP contribution in [0.1, 0.15) is 29.8 Å². The summed E-state index contributed by atoms with van der Waals surface area (Å²) in [5.74, 6) is -0.972. The number of nitrogens with two attached hydrogens (primary N) is 1. The Kier molecular flexibility index (Phi) is 5.69. The summed E-state index contributed by atoms with van der Waals surface area (Å²) >= 11 is 0. The van der Waals surface area contributed by atoms with E-state index in [9.17, 15) is 26.4 Å². The molecule has 6 nitrogen and oxygen atoms in total. The quantitative estimate of drug-likeness (QED) is 0.569. The third kappa shape index (κ3) is 5.36. The van der Waals surface area contributed by atoms with E-state index in [0.29, 0.717) is 0 Å². The van der Waals surface area contributed by atoms with Crippen LogP contribution in [0.2, 0.25) is 0 Å². The number of hydrogen-bond acceptors (Lipinski definition) is 5. The predicted octanol–water partition coefficient (Wildman–Crippen LogP) is 3.55. The van der Waals surface area contributed by atoms with Crippen molar-refractivity contribution in [2.24, 2.45) is 0 Å². The molecule has 0 saturated heterocycles. The number of ketones is 1. The lowest BCUT2D eigenvalue weighted by Crippen LogP contribution is -2.23. The average Bonchev–Trinajstić information content (AvgIpc) is 2.55. The lowest BCUT2D eigenvalue weighted by atomic mass is 10.0. The van der Waals surface area contributed by atoms with Crippen LogP contribution in [-0.2, 0) is 10.0 Å². The third-order valence-electron chi connectivity index (χ3n) is 3.54. The average molecular weight is 402 g/mol. The summed E-state index contributed by atoms with van der Waals surface area (Å²) in [7, 11) is -3.67. The molecule has 0 saturated carbocycles. The molecule has 0 aliphatic rings. The molecule has 10 heteroatoms. The van der Waals surface area contributed by atoms with Crippen LogP contribution >= 0.6 is 0 Å². The fourth-order valence-electron chi connectivity index (χ4n) is 2.03. The highest BCUT2D eigenvalue weighted by Crippen LogP contribution is 2.26. The molecule has 0 bridgehead atoms. The van der Waals surface area contributed by atoms with Gasteiger partial charge < -0.3 is 10.5 Å². The maximum absolute atomic E-state index is 12.5. The summed E-state index contributed by atoms with van der Waals surface area (Å²) in [5, 5.41) is -0.711. The van der Waals surface area contributed by atoms with Crippen molar-refractivity contribution in [1.82, 2.24) is 0 Å². The van der Waals surface area contributed by atoms with Crippen molar-refractivity contribution >= 4 is 27.2 Å². The first-order chi connectivity index (χ1) is 12.4. The van der Waals surface area contributed by atoms with Crippen molar-refractivity contribution < 1.29 is 31.1 Å². The van der Waals surface area contributed by atoms with Gasteiger partial charge >= 0.3 is 6.36 Å². The van der Waals surface area contributed by atoms with E-state index in [1.54, 1.807) is 0 Å². The molecule has 0 heterocycles. The summed E-state index contributed by atoms with van der Waals surface area (Å²) in [5.41, 5.74) is 6.15. The minimum Gasteiger partial charge on any atom is -0.406 e. The molecular formula is C17H17F3N2O4S. The van der Waals surface area contributed by atoms with Gasteiger partial charge in [-0.3, -0.25) is 9.52 Å². The van der Waals surface area contributed by atoms with Crippen molar-refractivity contribution in [1.29, 1.82) is 0 Å². The molecule has 146 valence electrons. The maximum atomic E-state index is 12.5. The van der Waals surface area contributed by atoms with Crippen molar-refractivity contribution in [2.45, 2.75) is 25.5 Å². The fourth-order valence-corrected chi connectivity index (χ4v) is 2.75. The molecule has 0 fully saturated rings. The van der Waals surface area contributed by atoms with Crippen LogP contribution in [0.25, 0.3) is 0 Å². The first-order valence-electron chi connectivity index (χ1n) is 7.71. The molecule has 0 amide bonds. The third-order valence-corrected chi connectivity index (χ3v) is 5.28. The molecule has 0 atom stereocenters. The Morgan fingerprint density at radius 3 is 2.15 bits per heavy atom. The second-order valence-electron chi connectivity index (χ2n) is 5.90. The van der Waals surface area contributed by atoms with E-state index in [4.69, 9.17) is 5.73 Å². The Bertz CT molecular complexity index is 940. The number of carbonyl (C=O) groups excluding carboxylic acids is 1. The van der Waals surface area contributed by atoms with Crippen LogP contribution < -0.4 is 15.2 Å². The Morgan fingerprint density at radius 2 is 1.63 bits per heavy atom. The number of ether oxygens (including phenoxy) is 1. The molecule has 2 rings (SSSR count). The number of benzene rings is 2. The SMILES string of the molecule is CC(C)S(=O)(=O)Nc1cc(C(=O)c2ccc(OC(F)(F)F)cc2)ccc1N. The van der Waals surface area contributed by atoms with E-state index in [0.717, 1.165) is 12.1 Å². The number of anilines is 2. The van der Waals surface area contributed by atoms with E-state index in [1.807, 2.05) is 0 Å². The summed E-state index contributed by atoms with van der Waals surface area (Å²) in [6.07, 6.45) is -4.83. The number of nitrogens with one attached hydrogen (secondary N) is 1. The first-order valence-corrected chi connectivity index (χ1v) is 9.25. The van der Waals surface area contributed by atoms with Crippen LogP contribution in [0.15, 0.2) is 42.5 Å². The minimum atomic E-state index is -4.83. The number of carbonyl (C=O) groups is 1. The Hall–Kier alpha value is -2.75. The number of rotatable bonds is 6. The molecule has 0 aromatic heterocycles. The number of sulfonamides is 1. The van der Waals surface area contributed by atoms with Gasteiger partial charge in [0.25, 0.3) is 0 Å². The largest absolute Gasteiger partial charge is 0.573 e. The van der Waals surface area contributed by atoms with Gasteiger partial charge in [0.2, 0.25) is 10.0 Å². The highest BCUT2D eigenvalue weighted by atomic mass is 32.2. The van der Waals surface area contributed by atoms with E-state index < -0.39 is 33.2 Å². The van der Waals surface area contributed by atoms with Gasteiger partial charge in [-0.05, 0) is 56.3 Å². The van der Waals surface area contributed by atoms with E-state index in [-0.39, 0.29) is 22.5 Å². The Labute approximate surface area is 154 Å². The molecule has 0 unspecified atom stereocenters. The van der Waals surface area contributed by atoms with Crippen molar-refractivity contribution in [3.05, 3.63) is 53.6 Å². The summed E-state index contributed by atoms with van der Waals surface area (Å²) in [4.78, 5) is 12.5. The van der Waals surface area contributed by atoms with Gasteiger partial charge in [-0.2, -0.15) is 0 Å². The molecule has 0 aliphatic carbocycles. The second kappa shape index (κ2) is 7.47. The molecule has 27 heavy (non-hydrogen) atoms. The van der Waals surface area contributed by atoms with Gasteiger partial charge in [-0.1, -0.05) is 0 Å². The van der Waals surface area contributed by atoms with Crippen molar-refractivity contribution in [2.75, 3.05) is 10.5 Å². The number of alkyl halides is 3. The molecule has 0 radical (unpaired) electrons. The summed E-state index contributed by atoms with van der Waals surface area (Å²) in [6, 6.07) is 8.42. The molecular weight excluding hydrogens is 385 g/mol. The van der Waals surface area contributed by atoms with Crippen LogP contribution in [0.3, 0.4) is 0 Å². The van der Waals surface area contributed by atoms with Crippen molar-refractivity contribution in [3.63, 3.8) is 0 Å². The lowest BCUT2D eigenvalue weighted by molar-refractivity contribution is -0.274. The van der Waals surface area contributed by atoms with Crippen LogP contribution in [0.5, 0.6) is 5.75 Å². The molecule has 2 aromatic rings.